The molecular formula is C18H19NO8S. The number of carbonyl (C=O) groups is 4. The Morgan fingerprint density at radius 1 is 1.18 bits per heavy atom. The predicted octanol–water partition coefficient (Wildman–Crippen LogP) is 2.15. The number of thioether (sulfide) groups is 1. The average Bonchev–Trinajstić information content (AvgIpc) is 2.89. The first-order valence-electron chi connectivity index (χ1n) is 8.38. The highest BCUT2D eigenvalue weighted by molar-refractivity contribution is 8.18. The smallest absolute Gasteiger partial charge is 0.341 e. The van der Waals surface area contributed by atoms with Crippen LogP contribution in [0.25, 0.3) is 6.08 Å². The van der Waals surface area contributed by atoms with Crippen LogP contribution in [0.1, 0.15) is 19.4 Å². The maximum atomic E-state index is 12.5. The topological polar surface area (TPSA) is 119 Å². The SMILES string of the molecule is CCOC(=O)CN1C(=O)S/C(=C\c2cccc(OCC)c2OCC(=O)O)C1=O. The van der Waals surface area contributed by atoms with Gasteiger partial charge in [-0.25, -0.2) is 4.79 Å². The number of benzene rings is 1. The average molecular weight is 409 g/mol. The summed E-state index contributed by atoms with van der Waals surface area (Å²) in [7, 11) is 0. The van der Waals surface area contributed by atoms with Crippen molar-refractivity contribution in [3.8, 4) is 11.5 Å². The Kier molecular flexibility index (Phi) is 7.44. The van der Waals surface area contributed by atoms with Gasteiger partial charge in [-0.3, -0.25) is 19.3 Å². The van der Waals surface area contributed by atoms with E-state index in [2.05, 4.69) is 0 Å². The minimum atomic E-state index is -1.17. The Morgan fingerprint density at radius 3 is 2.57 bits per heavy atom. The number of esters is 1. The second-order valence-corrected chi connectivity index (χ2v) is 6.36. The van der Waals surface area contributed by atoms with E-state index in [1.807, 2.05) is 0 Å². The molecule has 0 bridgehead atoms. The van der Waals surface area contributed by atoms with Crippen molar-refractivity contribution in [1.29, 1.82) is 0 Å². The molecular weight excluding hydrogens is 390 g/mol. The van der Waals surface area contributed by atoms with E-state index in [1.54, 1.807) is 32.0 Å². The number of para-hydroxylation sites is 1. The summed E-state index contributed by atoms with van der Waals surface area (Å²) in [5.74, 6) is -2.05. The van der Waals surface area contributed by atoms with E-state index in [4.69, 9.17) is 19.3 Å². The van der Waals surface area contributed by atoms with Gasteiger partial charge in [-0.05, 0) is 37.8 Å². The monoisotopic (exact) mass is 409 g/mol. The standard InChI is InChI=1S/C18H19NO8S/c1-3-25-12-7-5-6-11(16(12)27-10-14(20)21)8-13-17(23)19(18(24)28-13)9-15(22)26-4-2/h5-8H,3-4,9-10H2,1-2H3,(H,20,21)/b13-8-. The molecule has 1 N–H and O–H groups in total. The first kappa shape index (κ1) is 21.3. The van der Waals surface area contributed by atoms with Crippen LogP contribution < -0.4 is 9.47 Å². The van der Waals surface area contributed by atoms with E-state index in [1.165, 1.54) is 6.08 Å². The van der Waals surface area contributed by atoms with E-state index in [9.17, 15) is 19.2 Å². The zero-order valence-corrected chi connectivity index (χ0v) is 16.1. The summed E-state index contributed by atoms with van der Waals surface area (Å²) in [6, 6.07) is 4.84. The maximum absolute atomic E-state index is 12.5. The summed E-state index contributed by atoms with van der Waals surface area (Å²) in [6.07, 6.45) is 1.40. The summed E-state index contributed by atoms with van der Waals surface area (Å²) in [5, 5.41) is 8.28. The molecule has 0 aromatic heterocycles. The van der Waals surface area contributed by atoms with E-state index < -0.39 is 36.2 Å². The molecule has 10 heteroatoms. The number of rotatable bonds is 9. The van der Waals surface area contributed by atoms with Gasteiger partial charge in [0.2, 0.25) is 0 Å². The van der Waals surface area contributed by atoms with Crippen molar-refractivity contribution in [2.45, 2.75) is 13.8 Å². The third-order valence-corrected chi connectivity index (χ3v) is 4.31. The Bertz CT molecular complexity index is 820. The largest absolute Gasteiger partial charge is 0.490 e. The molecule has 150 valence electrons. The molecule has 0 radical (unpaired) electrons. The van der Waals surface area contributed by atoms with Gasteiger partial charge < -0.3 is 19.3 Å². The van der Waals surface area contributed by atoms with Gasteiger partial charge >= 0.3 is 11.9 Å². The molecule has 1 aliphatic rings. The first-order chi connectivity index (χ1) is 13.4. The van der Waals surface area contributed by atoms with Crippen LogP contribution in [0, 0.1) is 0 Å². The molecule has 1 heterocycles. The van der Waals surface area contributed by atoms with Gasteiger partial charge in [0.05, 0.1) is 18.1 Å². The predicted molar refractivity (Wildman–Crippen MR) is 100 cm³/mol. The lowest BCUT2D eigenvalue weighted by Gasteiger charge is -2.13. The highest BCUT2D eigenvalue weighted by atomic mass is 32.2. The fraction of sp³-hybridized carbons (Fsp3) is 0.333. The van der Waals surface area contributed by atoms with Gasteiger partial charge in [-0.2, -0.15) is 0 Å². The number of carboxylic acids is 1. The number of imide groups is 1. The molecule has 28 heavy (non-hydrogen) atoms. The van der Waals surface area contributed by atoms with Gasteiger partial charge in [0.15, 0.2) is 18.1 Å². The molecule has 2 amide bonds. The molecule has 0 atom stereocenters. The zero-order chi connectivity index (χ0) is 20.7. The van der Waals surface area contributed by atoms with Crippen molar-refractivity contribution in [2.75, 3.05) is 26.4 Å². The molecule has 1 aliphatic heterocycles. The van der Waals surface area contributed by atoms with Gasteiger partial charge in [0.25, 0.3) is 11.1 Å². The molecule has 0 saturated carbocycles. The molecule has 0 spiro atoms. The third kappa shape index (κ3) is 5.26. The van der Waals surface area contributed by atoms with Crippen molar-refractivity contribution in [2.24, 2.45) is 0 Å². The fourth-order valence-electron chi connectivity index (χ4n) is 2.32. The third-order valence-electron chi connectivity index (χ3n) is 3.40. The molecule has 2 rings (SSSR count). The van der Waals surface area contributed by atoms with E-state index >= 15 is 0 Å². The summed E-state index contributed by atoms with van der Waals surface area (Å²) < 4.78 is 15.5. The molecule has 1 fully saturated rings. The van der Waals surface area contributed by atoms with Crippen LogP contribution in [0.3, 0.4) is 0 Å². The van der Waals surface area contributed by atoms with Gasteiger partial charge in [-0.1, -0.05) is 12.1 Å². The lowest BCUT2D eigenvalue weighted by molar-refractivity contribution is -0.146. The normalized spacial score (nSPS) is 15.1. The Labute approximate surface area is 165 Å². The summed E-state index contributed by atoms with van der Waals surface area (Å²) in [5.41, 5.74) is 0.369. The highest BCUT2D eigenvalue weighted by Crippen LogP contribution is 2.37. The number of hydrogen-bond donors (Lipinski definition) is 1. The number of amides is 2. The molecule has 9 nitrogen and oxygen atoms in total. The van der Waals surface area contributed by atoms with E-state index in [-0.39, 0.29) is 17.3 Å². The van der Waals surface area contributed by atoms with Gasteiger partial charge in [0.1, 0.15) is 6.54 Å². The van der Waals surface area contributed by atoms with Crippen molar-refractivity contribution in [1.82, 2.24) is 4.90 Å². The minimum absolute atomic E-state index is 0.0723. The summed E-state index contributed by atoms with van der Waals surface area (Å²) in [6.45, 7) is 2.76. The lowest BCUT2D eigenvalue weighted by Crippen LogP contribution is -2.34. The van der Waals surface area contributed by atoms with Crippen LogP contribution in [-0.4, -0.2) is 59.5 Å². The van der Waals surface area contributed by atoms with Crippen molar-refractivity contribution < 1.29 is 38.5 Å². The van der Waals surface area contributed by atoms with E-state index in [0.29, 0.717) is 29.7 Å². The number of nitrogens with zero attached hydrogens (tertiary/aromatic N) is 1. The van der Waals surface area contributed by atoms with Crippen molar-refractivity contribution in [3.63, 3.8) is 0 Å². The van der Waals surface area contributed by atoms with Gasteiger partial charge in [-0.15, -0.1) is 0 Å². The first-order valence-corrected chi connectivity index (χ1v) is 9.20. The second kappa shape index (κ2) is 9.79. The summed E-state index contributed by atoms with van der Waals surface area (Å²) in [4.78, 5) is 47.9. The Morgan fingerprint density at radius 2 is 1.93 bits per heavy atom. The molecule has 1 aromatic rings. The lowest BCUT2D eigenvalue weighted by atomic mass is 10.1. The van der Waals surface area contributed by atoms with Crippen molar-refractivity contribution in [3.05, 3.63) is 28.7 Å². The molecule has 1 saturated heterocycles. The second-order valence-electron chi connectivity index (χ2n) is 5.36. The molecule has 0 aliphatic carbocycles. The number of ether oxygens (including phenoxy) is 3. The Balaban J connectivity index is 2.32. The molecule has 0 unspecified atom stereocenters. The van der Waals surface area contributed by atoms with Crippen molar-refractivity contribution >= 4 is 40.9 Å². The zero-order valence-electron chi connectivity index (χ0n) is 15.3. The van der Waals surface area contributed by atoms with Crippen LogP contribution in [0.15, 0.2) is 23.1 Å². The van der Waals surface area contributed by atoms with Crippen LogP contribution >= 0.6 is 11.8 Å². The quantitative estimate of drug-likeness (QED) is 0.483. The summed E-state index contributed by atoms with van der Waals surface area (Å²) >= 11 is 0.667. The Hall–Kier alpha value is -3.01. The van der Waals surface area contributed by atoms with Crippen LogP contribution in [-0.2, 0) is 19.1 Å². The van der Waals surface area contributed by atoms with Crippen LogP contribution in [0.4, 0.5) is 4.79 Å². The number of carboxylic acid groups (broad SMARTS) is 1. The number of carbonyl (C=O) groups excluding carboxylic acids is 3. The fourth-order valence-corrected chi connectivity index (χ4v) is 3.15. The molecule has 1 aromatic carbocycles. The number of hydrogen-bond acceptors (Lipinski definition) is 8. The number of aliphatic carboxylic acids is 1. The van der Waals surface area contributed by atoms with E-state index in [0.717, 1.165) is 4.90 Å². The maximum Gasteiger partial charge on any atom is 0.341 e. The highest BCUT2D eigenvalue weighted by Gasteiger charge is 2.36. The van der Waals surface area contributed by atoms with Crippen LogP contribution in [0.2, 0.25) is 0 Å². The minimum Gasteiger partial charge on any atom is -0.490 e. The van der Waals surface area contributed by atoms with Crippen LogP contribution in [0.5, 0.6) is 11.5 Å². The van der Waals surface area contributed by atoms with Gasteiger partial charge in [0, 0.05) is 5.56 Å².